The zero-order valence-electron chi connectivity index (χ0n) is 11.6. The van der Waals surface area contributed by atoms with E-state index in [2.05, 4.69) is 60.8 Å². The van der Waals surface area contributed by atoms with Crippen molar-refractivity contribution in [3.05, 3.63) is 63.0 Å². The van der Waals surface area contributed by atoms with Gasteiger partial charge in [0.2, 0.25) is 0 Å². The molecule has 0 saturated carbocycles. The Bertz CT molecular complexity index is 714. The van der Waals surface area contributed by atoms with E-state index in [4.69, 9.17) is 5.73 Å². The summed E-state index contributed by atoms with van der Waals surface area (Å²) >= 11 is 7.15. The van der Waals surface area contributed by atoms with E-state index in [0.29, 0.717) is 12.5 Å². The lowest BCUT2D eigenvalue weighted by atomic mass is 9.90. The SMILES string of the molecule is CC1(c2cccc(Br)c2)CN=C(N)N1c1ccccc1Br. The number of aliphatic imine (C=N–C) groups is 1. The fraction of sp³-hybridized carbons (Fsp3) is 0.188. The van der Waals surface area contributed by atoms with E-state index in [-0.39, 0.29) is 5.54 Å². The van der Waals surface area contributed by atoms with Crippen LogP contribution in [0.2, 0.25) is 0 Å². The van der Waals surface area contributed by atoms with Gasteiger partial charge >= 0.3 is 0 Å². The van der Waals surface area contributed by atoms with E-state index in [1.165, 1.54) is 5.56 Å². The van der Waals surface area contributed by atoms with Gasteiger partial charge < -0.3 is 5.73 Å². The molecule has 0 saturated heterocycles. The fourth-order valence-corrected chi connectivity index (χ4v) is 3.56. The van der Waals surface area contributed by atoms with Gasteiger partial charge in [-0.25, -0.2) is 0 Å². The minimum absolute atomic E-state index is 0.294. The molecule has 1 heterocycles. The van der Waals surface area contributed by atoms with Crippen LogP contribution in [0.3, 0.4) is 0 Å². The molecule has 0 aliphatic carbocycles. The number of para-hydroxylation sites is 1. The lowest BCUT2D eigenvalue weighted by molar-refractivity contribution is 0.532. The highest BCUT2D eigenvalue weighted by molar-refractivity contribution is 9.10. The third kappa shape index (κ3) is 2.49. The normalized spacial score (nSPS) is 21.5. The lowest BCUT2D eigenvalue weighted by Crippen LogP contribution is -2.48. The number of hydrogen-bond acceptors (Lipinski definition) is 3. The molecular formula is C16H15Br2N3. The third-order valence-corrected chi connectivity index (χ3v) is 4.98. The van der Waals surface area contributed by atoms with E-state index < -0.39 is 0 Å². The predicted molar refractivity (Wildman–Crippen MR) is 94.6 cm³/mol. The number of nitrogens with two attached hydrogens (primary N) is 1. The molecule has 0 fully saturated rings. The maximum Gasteiger partial charge on any atom is 0.196 e. The topological polar surface area (TPSA) is 41.6 Å². The van der Waals surface area contributed by atoms with Crippen molar-refractivity contribution < 1.29 is 0 Å². The molecule has 3 nitrogen and oxygen atoms in total. The van der Waals surface area contributed by atoms with Crippen LogP contribution in [0.25, 0.3) is 0 Å². The molecule has 1 aliphatic rings. The van der Waals surface area contributed by atoms with Crippen molar-refractivity contribution >= 4 is 43.5 Å². The second kappa shape index (κ2) is 5.46. The van der Waals surface area contributed by atoms with Crippen molar-refractivity contribution in [3.63, 3.8) is 0 Å². The smallest absolute Gasteiger partial charge is 0.196 e. The second-order valence-corrected chi connectivity index (χ2v) is 7.02. The summed E-state index contributed by atoms with van der Waals surface area (Å²) in [5.74, 6) is 0.546. The Kier molecular flexibility index (Phi) is 3.80. The van der Waals surface area contributed by atoms with Crippen LogP contribution in [-0.2, 0) is 5.54 Å². The summed E-state index contributed by atoms with van der Waals surface area (Å²) in [5, 5.41) is 0. The van der Waals surface area contributed by atoms with Gasteiger partial charge in [-0.15, -0.1) is 0 Å². The van der Waals surface area contributed by atoms with Crippen LogP contribution < -0.4 is 10.6 Å². The quantitative estimate of drug-likeness (QED) is 0.806. The summed E-state index contributed by atoms with van der Waals surface area (Å²) in [4.78, 5) is 6.57. The largest absolute Gasteiger partial charge is 0.369 e. The van der Waals surface area contributed by atoms with Crippen LogP contribution >= 0.6 is 31.9 Å². The van der Waals surface area contributed by atoms with Crippen molar-refractivity contribution in [2.75, 3.05) is 11.4 Å². The molecule has 0 bridgehead atoms. The van der Waals surface area contributed by atoms with Gasteiger partial charge in [0.05, 0.1) is 17.8 Å². The minimum atomic E-state index is -0.294. The van der Waals surface area contributed by atoms with Gasteiger partial charge in [0.25, 0.3) is 0 Å². The molecule has 2 aromatic rings. The molecule has 1 unspecified atom stereocenters. The van der Waals surface area contributed by atoms with Gasteiger partial charge in [-0.1, -0.05) is 40.2 Å². The number of hydrogen-bond donors (Lipinski definition) is 1. The summed E-state index contributed by atoms with van der Waals surface area (Å²) in [6.07, 6.45) is 0. The molecular weight excluding hydrogens is 394 g/mol. The molecule has 5 heteroatoms. The number of guanidine groups is 1. The van der Waals surface area contributed by atoms with Gasteiger partial charge in [0, 0.05) is 8.95 Å². The third-order valence-electron chi connectivity index (χ3n) is 3.81. The molecule has 2 N–H and O–H groups in total. The van der Waals surface area contributed by atoms with Crippen molar-refractivity contribution in [3.8, 4) is 0 Å². The monoisotopic (exact) mass is 407 g/mol. The first kappa shape index (κ1) is 14.6. The Hall–Kier alpha value is -1.33. The molecule has 3 rings (SSSR count). The summed E-state index contributed by atoms with van der Waals surface area (Å²) in [5.41, 5.74) is 8.08. The average molecular weight is 409 g/mol. The van der Waals surface area contributed by atoms with Gasteiger partial charge in [0.15, 0.2) is 5.96 Å². The number of nitrogens with zero attached hydrogens (tertiary/aromatic N) is 2. The van der Waals surface area contributed by atoms with Gasteiger partial charge in [0.1, 0.15) is 0 Å². The maximum atomic E-state index is 6.17. The first-order valence-electron chi connectivity index (χ1n) is 6.63. The van der Waals surface area contributed by atoms with Gasteiger partial charge in [-0.2, -0.15) is 0 Å². The van der Waals surface area contributed by atoms with Crippen LogP contribution in [0.1, 0.15) is 12.5 Å². The van der Waals surface area contributed by atoms with Crippen molar-refractivity contribution in [1.29, 1.82) is 0 Å². The summed E-state index contributed by atoms with van der Waals surface area (Å²) in [7, 11) is 0. The molecule has 2 aromatic carbocycles. The maximum absolute atomic E-state index is 6.17. The van der Waals surface area contributed by atoms with Crippen molar-refractivity contribution in [2.24, 2.45) is 10.7 Å². The summed E-state index contributed by atoms with van der Waals surface area (Å²) in [6.45, 7) is 2.80. The highest BCUT2D eigenvalue weighted by atomic mass is 79.9. The first-order valence-corrected chi connectivity index (χ1v) is 8.22. The lowest BCUT2D eigenvalue weighted by Gasteiger charge is -2.37. The predicted octanol–water partition coefficient (Wildman–Crippen LogP) is 4.26. The number of anilines is 1. The highest BCUT2D eigenvalue weighted by Crippen LogP contribution is 2.40. The van der Waals surface area contributed by atoms with Crippen LogP contribution in [-0.4, -0.2) is 12.5 Å². The Labute approximate surface area is 141 Å². The Morgan fingerprint density at radius 1 is 1.14 bits per heavy atom. The fourth-order valence-electron chi connectivity index (χ4n) is 2.70. The number of benzene rings is 2. The summed E-state index contributed by atoms with van der Waals surface area (Å²) in [6, 6.07) is 16.4. The van der Waals surface area contributed by atoms with Crippen molar-refractivity contribution in [2.45, 2.75) is 12.5 Å². The van der Waals surface area contributed by atoms with Gasteiger partial charge in [-0.05, 0) is 52.7 Å². The van der Waals surface area contributed by atoms with Crippen LogP contribution in [0, 0.1) is 0 Å². The van der Waals surface area contributed by atoms with E-state index in [1.807, 2.05) is 36.4 Å². The molecule has 1 atom stereocenters. The van der Waals surface area contributed by atoms with E-state index in [9.17, 15) is 0 Å². The number of rotatable bonds is 2. The highest BCUT2D eigenvalue weighted by Gasteiger charge is 2.41. The van der Waals surface area contributed by atoms with Gasteiger partial charge in [-0.3, -0.25) is 9.89 Å². The molecule has 0 amide bonds. The molecule has 108 valence electrons. The van der Waals surface area contributed by atoms with Crippen LogP contribution in [0.5, 0.6) is 0 Å². The Morgan fingerprint density at radius 3 is 2.62 bits per heavy atom. The van der Waals surface area contributed by atoms with Crippen LogP contribution in [0.4, 0.5) is 5.69 Å². The first-order chi connectivity index (χ1) is 10.0. The Balaban J connectivity index is 2.13. The van der Waals surface area contributed by atoms with E-state index in [0.717, 1.165) is 14.6 Å². The standard InChI is InChI=1S/C16H15Br2N3/c1-16(11-5-4-6-12(17)9-11)10-20-15(19)21(16)14-8-3-2-7-13(14)18/h2-9H,10H2,1H3,(H2,19,20). The Morgan fingerprint density at radius 2 is 1.90 bits per heavy atom. The van der Waals surface area contributed by atoms with E-state index in [1.54, 1.807) is 0 Å². The molecule has 0 radical (unpaired) electrons. The average Bonchev–Trinajstić information content (AvgIpc) is 2.77. The molecule has 21 heavy (non-hydrogen) atoms. The zero-order chi connectivity index (χ0) is 15.0. The molecule has 0 aromatic heterocycles. The van der Waals surface area contributed by atoms with E-state index >= 15 is 0 Å². The molecule has 1 aliphatic heterocycles. The number of halogens is 2. The second-order valence-electron chi connectivity index (χ2n) is 5.25. The molecule has 0 spiro atoms. The van der Waals surface area contributed by atoms with Crippen LogP contribution in [0.15, 0.2) is 62.5 Å². The summed E-state index contributed by atoms with van der Waals surface area (Å²) < 4.78 is 2.06. The van der Waals surface area contributed by atoms with Crippen molar-refractivity contribution in [1.82, 2.24) is 0 Å². The minimum Gasteiger partial charge on any atom is -0.369 e. The zero-order valence-corrected chi connectivity index (χ0v) is 14.7.